The first-order valence-electron chi connectivity index (χ1n) is 2.93. The Kier molecular flexibility index (Phi) is 7.24. The van der Waals surface area contributed by atoms with E-state index in [2.05, 4.69) is 14.4 Å². The van der Waals surface area contributed by atoms with Crippen LogP contribution in [0.4, 0.5) is 5.69 Å². The zero-order valence-corrected chi connectivity index (χ0v) is 8.14. The summed E-state index contributed by atoms with van der Waals surface area (Å²) in [7, 11) is 6.58. The maximum Gasteiger partial charge on any atom is 1.59 e. The second-order valence-corrected chi connectivity index (χ2v) is 1.62. The van der Waals surface area contributed by atoms with E-state index in [0.717, 1.165) is 5.69 Å². The van der Waals surface area contributed by atoms with Gasteiger partial charge in [-0.2, -0.15) is 0 Å². The molecule has 0 heterocycles. The van der Waals surface area contributed by atoms with Gasteiger partial charge >= 0.3 is 29.7 Å². The Balaban J connectivity index is 0.000000371. The lowest BCUT2D eigenvalue weighted by molar-refractivity contribution is 1.51. The van der Waals surface area contributed by atoms with Crippen LogP contribution in [0.1, 0.15) is 0 Å². The smallest absolute Gasteiger partial charge is 0.388 e. The first-order chi connectivity index (χ1) is 4.93. The first kappa shape index (κ1) is 10.1. The molecular weight excluding hydrogens is 158 g/mol. The van der Waals surface area contributed by atoms with Crippen molar-refractivity contribution in [2.75, 3.05) is 12.4 Å². The molecule has 49 valence electrons. The van der Waals surface area contributed by atoms with Crippen molar-refractivity contribution in [3.8, 4) is 0 Å². The van der Waals surface area contributed by atoms with E-state index in [1.165, 1.54) is 20.6 Å². The van der Waals surface area contributed by atoms with E-state index >= 15 is 0 Å². The van der Waals surface area contributed by atoms with Gasteiger partial charge in [-0.05, 0) is 12.1 Å². The fraction of sp³-hybridized carbons (Fsp3) is 0.143. The van der Waals surface area contributed by atoms with Crippen LogP contribution in [0.5, 0.6) is 0 Å². The third-order valence-electron chi connectivity index (χ3n) is 1.06. The average molecular weight is 167 g/mol. The van der Waals surface area contributed by atoms with Crippen molar-refractivity contribution < 1.29 is 0 Å². The van der Waals surface area contributed by atoms with Gasteiger partial charge in [0.05, 0.1) is 0 Å². The van der Waals surface area contributed by atoms with E-state index in [-0.39, 0.29) is 0 Å². The first-order valence-corrected chi connectivity index (χ1v) is 5.07. The molecule has 0 bridgehead atoms. The van der Waals surface area contributed by atoms with E-state index < -0.39 is 0 Å². The van der Waals surface area contributed by atoms with Gasteiger partial charge < -0.3 is 5.32 Å². The van der Waals surface area contributed by atoms with Gasteiger partial charge in [-0.25, -0.2) is 0 Å². The van der Waals surface area contributed by atoms with E-state index in [4.69, 9.17) is 0 Å². The average Bonchev–Trinajstić information content (AvgIpc) is 2.10. The quantitative estimate of drug-likeness (QED) is 0.631. The van der Waals surface area contributed by atoms with E-state index in [0.29, 0.717) is 0 Å². The number of rotatable bonds is 1. The van der Waals surface area contributed by atoms with Crippen LogP contribution in [0, 0.1) is 0 Å². The van der Waals surface area contributed by atoms with Crippen LogP contribution in [0.2, 0.25) is 0 Å². The second kappa shape index (κ2) is 7.19. The normalized spacial score (nSPS) is 7.50. The summed E-state index contributed by atoms with van der Waals surface area (Å²) in [6.07, 6.45) is 0. The number of anilines is 1. The van der Waals surface area contributed by atoms with Crippen molar-refractivity contribution in [3.05, 3.63) is 30.3 Å². The molecule has 0 saturated carbocycles. The predicted octanol–water partition coefficient (Wildman–Crippen LogP) is 2.04. The van der Waals surface area contributed by atoms with Crippen molar-refractivity contribution >= 4 is 35.4 Å². The summed E-state index contributed by atoms with van der Waals surface area (Å²) < 4.78 is 0. The van der Waals surface area contributed by atoms with Gasteiger partial charge in [0.25, 0.3) is 0 Å². The molecule has 0 aliphatic rings. The molecule has 0 amide bonds. The van der Waals surface area contributed by atoms with Crippen molar-refractivity contribution in [2.24, 2.45) is 0 Å². The van der Waals surface area contributed by atoms with Gasteiger partial charge in [-0.3, -0.25) is 0 Å². The minimum Gasteiger partial charge on any atom is -0.388 e. The standard InChI is InChI=1S/C7H9N.ClH.Mg/c1-8-7-5-3-2-4-6-7;;/h2-6,8H,1H3;1H;/q;;+3/p-1. The highest BCUT2D eigenvalue weighted by Crippen LogP contribution is 2.01. The number of benzene rings is 1. The monoisotopic (exact) mass is 166 g/mol. The number of halogens is 1. The molecule has 7 radical (unpaired) electrons. The molecule has 0 spiro atoms. The molecule has 3 heteroatoms. The second-order valence-electron chi connectivity index (χ2n) is 1.62. The lowest BCUT2D eigenvalue weighted by Gasteiger charge is -1.94. The Morgan fingerprint density at radius 2 is 1.70 bits per heavy atom. The van der Waals surface area contributed by atoms with Gasteiger partial charge in [-0.1, -0.05) is 18.2 Å². The molecule has 0 aliphatic heterocycles. The lowest BCUT2D eigenvalue weighted by atomic mass is 10.3. The summed E-state index contributed by atoms with van der Waals surface area (Å²) >= 11 is 1.33. The molecule has 10 heavy (non-hydrogen) atoms. The van der Waals surface area contributed by atoms with Crippen LogP contribution in [0.15, 0.2) is 30.3 Å². The molecule has 1 nitrogen and oxygen atoms in total. The molecule has 0 fully saturated rings. The van der Waals surface area contributed by atoms with Crippen molar-refractivity contribution in [1.29, 1.82) is 0 Å². The number of hydrogen-bond acceptors (Lipinski definition) is 1. The van der Waals surface area contributed by atoms with Crippen LogP contribution in [0.25, 0.3) is 0 Å². The fourth-order valence-electron chi connectivity index (χ4n) is 0.605. The van der Waals surface area contributed by atoms with E-state index in [1.807, 2.05) is 37.4 Å². The Bertz CT molecular complexity index is 155. The molecule has 0 aromatic heterocycles. The highest BCUT2D eigenvalue weighted by atomic mass is 35.5. The minimum absolute atomic E-state index is 1.16. The molecule has 0 atom stereocenters. The Labute approximate surface area is 78.0 Å². The Morgan fingerprint density at radius 3 is 2.00 bits per heavy atom. The predicted molar refractivity (Wildman–Crippen MR) is 47.6 cm³/mol. The van der Waals surface area contributed by atoms with Gasteiger partial charge in [0.2, 0.25) is 0 Å². The van der Waals surface area contributed by atoms with Crippen LogP contribution in [0.3, 0.4) is 0 Å². The summed E-state index contributed by atoms with van der Waals surface area (Å²) in [5.41, 5.74) is 1.16. The molecular formula is C7H9ClMgN+2. The lowest BCUT2D eigenvalue weighted by Crippen LogP contribution is -1.84. The number of nitrogens with one attached hydrogen (secondary N) is 1. The molecule has 1 aromatic carbocycles. The Hall–Kier alpha value is 0.0762. The highest BCUT2D eigenvalue weighted by molar-refractivity contribution is 6.80. The largest absolute Gasteiger partial charge is 1.59 e. The van der Waals surface area contributed by atoms with Crippen LogP contribution >= 0.6 is 9.07 Å². The number of hydrogen-bond donors (Lipinski definition) is 1. The van der Waals surface area contributed by atoms with E-state index in [9.17, 15) is 0 Å². The van der Waals surface area contributed by atoms with Gasteiger partial charge in [0.15, 0.2) is 0 Å². The van der Waals surface area contributed by atoms with Crippen LogP contribution in [-0.4, -0.2) is 27.7 Å². The zero-order valence-electron chi connectivity index (χ0n) is 5.97. The van der Waals surface area contributed by atoms with Crippen LogP contribution < -0.4 is 5.32 Å². The third-order valence-corrected chi connectivity index (χ3v) is 1.06. The van der Waals surface area contributed by atoms with Crippen molar-refractivity contribution in [2.45, 2.75) is 0 Å². The SMILES string of the molecule is CNc1ccccc1.[Mg+2][Cl]. The molecule has 0 saturated heterocycles. The molecule has 0 unspecified atom stereocenters. The molecule has 1 aromatic rings. The molecule has 0 aliphatic carbocycles. The maximum absolute atomic E-state index is 4.67. The maximum atomic E-state index is 4.67. The summed E-state index contributed by atoms with van der Waals surface area (Å²) in [5, 5.41) is 3.03. The van der Waals surface area contributed by atoms with E-state index in [1.54, 1.807) is 0 Å². The summed E-state index contributed by atoms with van der Waals surface area (Å²) in [6, 6.07) is 10.1. The molecule has 1 N–H and O–H groups in total. The van der Waals surface area contributed by atoms with Gasteiger partial charge in [-0.15, -0.1) is 0 Å². The Morgan fingerprint density at radius 1 is 1.20 bits per heavy atom. The van der Waals surface area contributed by atoms with Gasteiger partial charge in [0.1, 0.15) is 0 Å². The topological polar surface area (TPSA) is 12.0 Å². The third kappa shape index (κ3) is 3.98. The fourth-order valence-corrected chi connectivity index (χ4v) is 0.605. The summed E-state index contributed by atoms with van der Waals surface area (Å²) in [6.45, 7) is 0. The summed E-state index contributed by atoms with van der Waals surface area (Å²) in [4.78, 5) is 0. The number of para-hydroxylation sites is 1. The van der Waals surface area contributed by atoms with Gasteiger partial charge in [0, 0.05) is 12.7 Å². The van der Waals surface area contributed by atoms with Crippen molar-refractivity contribution in [1.82, 2.24) is 0 Å². The van der Waals surface area contributed by atoms with Crippen LogP contribution in [-0.2, 0) is 0 Å². The molecule has 1 rings (SSSR count). The van der Waals surface area contributed by atoms with Crippen molar-refractivity contribution in [3.63, 3.8) is 0 Å². The summed E-state index contributed by atoms with van der Waals surface area (Å²) in [5.74, 6) is 0. The minimum atomic E-state index is 1.16. The zero-order chi connectivity index (χ0) is 7.82. The highest BCUT2D eigenvalue weighted by Gasteiger charge is 2.16.